The van der Waals surface area contributed by atoms with Gasteiger partial charge < -0.3 is 9.73 Å². The Morgan fingerprint density at radius 3 is 2.94 bits per heavy atom. The first-order valence-corrected chi connectivity index (χ1v) is 5.78. The van der Waals surface area contributed by atoms with Crippen molar-refractivity contribution in [3.05, 3.63) is 39.7 Å². The Bertz CT molecular complexity index is 502. The van der Waals surface area contributed by atoms with E-state index in [-0.39, 0.29) is 5.91 Å². The van der Waals surface area contributed by atoms with Crippen molar-refractivity contribution in [1.82, 2.24) is 10.3 Å². The van der Waals surface area contributed by atoms with Crippen molar-refractivity contribution in [2.24, 2.45) is 0 Å². The molecule has 84 valence electrons. The number of aryl methyl sites for hydroxylation is 2. The normalized spacial score (nSPS) is 10.4. The maximum Gasteiger partial charge on any atom is 0.287 e. The topological polar surface area (TPSA) is 55.1 Å². The molecule has 0 saturated carbocycles. The van der Waals surface area contributed by atoms with Crippen molar-refractivity contribution >= 4 is 17.2 Å². The van der Waals surface area contributed by atoms with Gasteiger partial charge >= 0.3 is 0 Å². The fraction of sp³-hybridized carbons (Fsp3) is 0.273. The van der Waals surface area contributed by atoms with Crippen LogP contribution in [0.3, 0.4) is 0 Å². The van der Waals surface area contributed by atoms with E-state index < -0.39 is 0 Å². The fourth-order valence-corrected chi connectivity index (χ4v) is 2.04. The second kappa shape index (κ2) is 4.49. The molecule has 2 aromatic heterocycles. The molecule has 1 amide bonds. The Morgan fingerprint density at radius 1 is 1.56 bits per heavy atom. The van der Waals surface area contributed by atoms with Gasteiger partial charge in [0.15, 0.2) is 5.76 Å². The summed E-state index contributed by atoms with van der Waals surface area (Å²) in [7, 11) is 0. The smallest absolute Gasteiger partial charge is 0.287 e. The Labute approximate surface area is 97.3 Å². The summed E-state index contributed by atoms with van der Waals surface area (Å²) < 4.78 is 5.09. The number of carbonyl (C=O) groups excluding carboxylic acids is 1. The molecule has 0 aliphatic rings. The van der Waals surface area contributed by atoms with Gasteiger partial charge in [-0.2, -0.15) is 0 Å². The van der Waals surface area contributed by atoms with Crippen molar-refractivity contribution in [2.45, 2.75) is 20.4 Å². The van der Waals surface area contributed by atoms with Crippen LogP contribution in [-0.2, 0) is 6.54 Å². The molecule has 0 aliphatic heterocycles. The quantitative estimate of drug-likeness (QED) is 0.889. The van der Waals surface area contributed by atoms with E-state index in [9.17, 15) is 4.79 Å². The molecule has 0 fully saturated rings. The molecule has 0 bridgehead atoms. The van der Waals surface area contributed by atoms with Gasteiger partial charge in [0.2, 0.25) is 0 Å². The van der Waals surface area contributed by atoms with E-state index in [1.165, 1.54) is 17.6 Å². The molecule has 0 saturated heterocycles. The Morgan fingerprint density at radius 2 is 2.38 bits per heavy atom. The number of aromatic nitrogens is 1. The van der Waals surface area contributed by atoms with Gasteiger partial charge in [0.05, 0.1) is 12.8 Å². The molecule has 2 rings (SSSR count). The minimum atomic E-state index is -0.199. The monoisotopic (exact) mass is 236 g/mol. The van der Waals surface area contributed by atoms with Crippen molar-refractivity contribution in [2.75, 3.05) is 0 Å². The number of amides is 1. The predicted molar refractivity (Wildman–Crippen MR) is 61.5 cm³/mol. The average Bonchev–Trinajstić information content (AvgIpc) is 2.84. The van der Waals surface area contributed by atoms with Gasteiger partial charge in [-0.25, -0.2) is 4.98 Å². The fourth-order valence-electron chi connectivity index (χ4n) is 1.33. The van der Waals surface area contributed by atoms with E-state index in [2.05, 4.69) is 10.3 Å². The van der Waals surface area contributed by atoms with Crippen LogP contribution < -0.4 is 5.32 Å². The molecule has 0 radical (unpaired) electrons. The SMILES string of the molecule is Cc1csc(CNC(=O)c2occc2C)n1. The van der Waals surface area contributed by atoms with Crippen LogP contribution in [0.15, 0.2) is 22.1 Å². The summed E-state index contributed by atoms with van der Waals surface area (Å²) in [5.74, 6) is 0.170. The van der Waals surface area contributed by atoms with E-state index in [0.29, 0.717) is 12.3 Å². The number of nitrogens with zero attached hydrogens (tertiary/aromatic N) is 1. The highest BCUT2D eigenvalue weighted by atomic mass is 32.1. The van der Waals surface area contributed by atoms with E-state index in [0.717, 1.165) is 16.3 Å². The van der Waals surface area contributed by atoms with Gasteiger partial charge in [-0.1, -0.05) is 0 Å². The lowest BCUT2D eigenvalue weighted by atomic mass is 10.3. The number of thiazole rings is 1. The molecule has 5 heteroatoms. The standard InChI is InChI=1S/C11H12N2O2S/c1-7-3-4-15-10(7)11(14)12-5-9-13-8(2)6-16-9/h3-4,6H,5H2,1-2H3,(H,12,14). The second-order valence-electron chi connectivity index (χ2n) is 3.50. The van der Waals surface area contributed by atoms with Gasteiger partial charge in [-0.3, -0.25) is 4.79 Å². The minimum Gasteiger partial charge on any atom is -0.459 e. The zero-order chi connectivity index (χ0) is 11.5. The van der Waals surface area contributed by atoms with Gasteiger partial charge in [0, 0.05) is 16.6 Å². The van der Waals surface area contributed by atoms with E-state index in [1.54, 1.807) is 6.07 Å². The molecule has 1 N–H and O–H groups in total. The highest BCUT2D eigenvalue weighted by Gasteiger charge is 2.12. The third kappa shape index (κ3) is 2.30. The summed E-state index contributed by atoms with van der Waals surface area (Å²) in [6.07, 6.45) is 1.51. The number of hydrogen-bond donors (Lipinski definition) is 1. The number of carbonyl (C=O) groups is 1. The largest absolute Gasteiger partial charge is 0.459 e. The zero-order valence-corrected chi connectivity index (χ0v) is 9.93. The first kappa shape index (κ1) is 10.9. The summed E-state index contributed by atoms with van der Waals surface area (Å²) in [6, 6.07) is 1.77. The summed E-state index contributed by atoms with van der Waals surface area (Å²) in [6.45, 7) is 4.21. The van der Waals surface area contributed by atoms with Crippen LogP contribution in [-0.4, -0.2) is 10.9 Å². The van der Waals surface area contributed by atoms with Crippen molar-refractivity contribution in [3.63, 3.8) is 0 Å². The lowest BCUT2D eigenvalue weighted by Gasteiger charge is -2.00. The first-order valence-electron chi connectivity index (χ1n) is 4.90. The van der Waals surface area contributed by atoms with Gasteiger partial charge in [-0.15, -0.1) is 11.3 Å². The number of furan rings is 1. The molecule has 2 heterocycles. The van der Waals surface area contributed by atoms with E-state index in [1.807, 2.05) is 19.2 Å². The molecule has 4 nitrogen and oxygen atoms in total. The predicted octanol–water partition coefficient (Wildman–Crippen LogP) is 2.28. The van der Waals surface area contributed by atoms with E-state index in [4.69, 9.17) is 4.42 Å². The minimum absolute atomic E-state index is 0.199. The van der Waals surface area contributed by atoms with Crippen molar-refractivity contribution < 1.29 is 9.21 Å². The average molecular weight is 236 g/mol. The lowest BCUT2D eigenvalue weighted by Crippen LogP contribution is -2.22. The molecular weight excluding hydrogens is 224 g/mol. The van der Waals surface area contributed by atoms with Crippen LogP contribution in [0.1, 0.15) is 26.8 Å². The maximum absolute atomic E-state index is 11.7. The van der Waals surface area contributed by atoms with Crippen molar-refractivity contribution in [1.29, 1.82) is 0 Å². The van der Waals surface area contributed by atoms with Crippen LogP contribution in [0.4, 0.5) is 0 Å². The Hall–Kier alpha value is -1.62. The highest BCUT2D eigenvalue weighted by Crippen LogP contribution is 2.10. The Balaban J connectivity index is 1.96. The number of nitrogens with one attached hydrogen (secondary N) is 1. The zero-order valence-electron chi connectivity index (χ0n) is 9.11. The second-order valence-corrected chi connectivity index (χ2v) is 4.44. The lowest BCUT2D eigenvalue weighted by molar-refractivity contribution is 0.0922. The highest BCUT2D eigenvalue weighted by molar-refractivity contribution is 7.09. The van der Waals surface area contributed by atoms with Crippen molar-refractivity contribution in [3.8, 4) is 0 Å². The molecule has 0 atom stereocenters. The first-order chi connectivity index (χ1) is 7.66. The van der Waals surface area contributed by atoms with Gasteiger partial charge in [-0.05, 0) is 19.9 Å². The van der Waals surface area contributed by atoms with E-state index >= 15 is 0 Å². The molecule has 0 unspecified atom stereocenters. The summed E-state index contributed by atoms with van der Waals surface area (Å²) >= 11 is 1.54. The molecule has 0 spiro atoms. The van der Waals surface area contributed by atoms with Crippen LogP contribution >= 0.6 is 11.3 Å². The van der Waals surface area contributed by atoms with Gasteiger partial charge in [0.25, 0.3) is 5.91 Å². The molecule has 2 aromatic rings. The Kier molecular flexibility index (Phi) is 3.05. The van der Waals surface area contributed by atoms with Crippen LogP contribution in [0.5, 0.6) is 0 Å². The summed E-state index contributed by atoms with van der Waals surface area (Å²) in [5, 5.41) is 5.63. The summed E-state index contributed by atoms with van der Waals surface area (Å²) in [5.41, 5.74) is 1.82. The van der Waals surface area contributed by atoms with Crippen LogP contribution in [0, 0.1) is 13.8 Å². The number of hydrogen-bond acceptors (Lipinski definition) is 4. The van der Waals surface area contributed by atoms with Gasteiger partial charge in [0.1, 0.15) is 5.01 Å². The van der Waals surface area contributed by atoms with Crippen LogP contribution in [0.2, 0.25) is 0 Å². The molecule has 16 heavy (non-hydrogen) atoms. The molecular formula is C11H12N2O2S. The third-order valence-electron chi connectivity index (χ3n) is 2.14. The molecule has 0 aliphatic carbocycles. The molecule has 0 aromatic carbocycles. The third-order valence-corrected chi connectivity index (χ3v) is 3.10. The maximum atomic E-state index is 11.7. The van der Waals surface area contributed by atoms with Crippen LogP contribution in [0.25, 0.3) is 0 Å². The summed E-state index contributed by atoms with van der Waals surface area (Å²) in [4.78, 5) is 15.9. The number of rotatable bonds is 3.